The summed E-state index contributed by atoms with van der Waals surface area (Å²) in [6.07, 6.45) is 0.613. The normalized spacial score (nSPS) is 9.57. The van der Waals surface area contributed by atoms with Crippen molar-refractivity contribution in [2.75, 3.05) is 19.0 Å². The van der Waals surface area contributed by atoms with Crippen molar-refractivity contribution in [2.24, 2.45) is 0 Å². The maximum Gasteiger partial charge on any atom is 0.293 e. The molecule has 0 heterocycles. The number of para-hydroxylation sites is 1. The van der Waals surface area contributed by atoms with E-state index in [0.29, 0.717) is 17.5 Å². The molecular formula is C9H10N2O3. The first-order valence-electron chi connectivity index (χ1n) is 3.98. The number of carbonyl (C=O) groups is 1. The van der Waals surface area contributed by atoms with E-state index < -0.39 is 4.92 Å². The fourth-order valence-electron chi connectivity index (χ4n) is 1.28. The number of rotatable bonds is 3. The van der Waals surface area contributed by atoms with E-state index in [4.69, 9.17) is 0 Å². The van der Waals surface area contributed by atoms with E-state index in [-0.39, 0.29) is 5.69 Å². The molecule has 74 valence electrons. The Morgan fingerprint density at radius 3 is 2.50 bits per heavy atom. The number of hydrogen-bond acceptors (Lipinski definition) is 4. The predicted molar refractivity (Wildman–Crippen MR) is 52.8 cm³/mol. The number of benzene rings is 1. The van der Waals surface area contributed by atoms with Gasteiger partial charge in [-0.15, -0.1) is 0 Å². The standard InChI is InChI=1S/C9H10N2O3/c1-10(2)9-7(6-12)4-3-5-8(9)11(13)14/h3-6H,1-2H3. The molecule has 0 fully saturated rings. The molecule has 0 saturated carbocycles. The van der Waals surface area contributed by atoms with Crippen molar-refractivity contribution < 1.29 is 9.72 Å². The van der Waals surface area contributed by atoms with Gasteiger partial charge >= 0.3 is 0 Å². The molecule has 0 aromatic heterocycles. The van der Waals surface area contributed by atoms with Crippen molar-refractivity contribution in [3.63, 3.8) is 0 Å². The predicted octanol–water partition coefficient (Wildman–Crippen LogP) is 1.47. The van der Waals surface area contributed by atoms with Crippen LogP contribution in [0, 0.1) is 10.1 Å². The third-order valence-corrected chi connectivity index (χ3v) is 1.82. The quantitative estimate of drug-likeness (QED) is 0.415. The molecule has 0 radical (unpaired) electrons. The van der Waals surface area contributed by atoms with E-state index >= 15 is 0 Å². The monoisotopic (exact) mass is 194 g/mol. The molecule has 1 aromatic rings. The lowest BCUT2D eigenvalue weighted by atomic mass is 10.1. The minimum absolute atomic E-state index is 0.0559. The molecule has 5 heteroatoms. The first-order valence-corrected chi connectivity index (χ1v) is 3.98. The van der Waals surface area contributed by atoms with Gasteiger partial charge in [-0.3, -0.25) is 14.9 Å². The van der Waals surface area contributed by atoms with Gasteiger partial charge in [0.15, 0.2) is 6.29 Å². The summed E-state index contributed by atoms with van der Waals surface area (Å²) in [6, 6.07) is 4.42. The lowest BCUT2D eigenvalue weighted by Gasteiger charge is -2.14. The molecule has 0 aliphatic carbocycles. The lowest BCUT2D eigenvalue weighted by Crippen LogP contribution is -2.13. The Morgan fingerprint density at radius 1 is 1.43 bits per heavy atom. The zero-order valence-electron chi connectivity index (χ0n) is 7.93. The van der Waals surface area contributed by atoms with Crippen molar-refractivity contribution in [3.8, 4) is 0 Å². The third kappa shape index (κ3) is 1.71. The van der Waals surface area contributed by atoms with Crippen LogP contribution < -0.4 is 4.90 Å². The van der Waals surface area contributed by atoms with E-state index in [0.717, 1.165) is 0 Å². The van der Waals surface area contributed by atoms with Crippen LogP contribution in [-0.4, -0.2) is 25.3 Å². The van der Waals surface area contributed by atoms with Crippen molar-refractivity contribution in [3.05, 3.63) is 33.9 Å². The molecule has 1 aromatic carbocycles. The van der Waals surface area contributed by atoms with Crippen LogP contribution in [-0.2, 0) is 0 Å². The van der Waals surface area contributed by atoms with E-state index in [9.17, 15) is 14.9 Å². The van der Waals surface area contributed by atoms with Gasteiger partial charge in [0.05, 0.1) is 4.92 Å². The Hall–Kier alpha value is -1.91. The molecule has 0 amide bonds. The summed E-state index contributed by atoms with van der Waals surface area (Å²) in [5.74, 6) is 0. The highest BCUT2D eigenvalue weighted by Crippen LogP contribution is 2.29. The SMILES string of the molecule is CN(C)c1c(C=O)cccc1[N+](=O)[O-]. The van der Waals surface area contributed by atoms with Crippen molar-refractivity contribution in [2.45, 2.75) is 0 Å². The number of nitro benzene ring substituents is 1. The number of carbonyl (C=O) groups excluding carboxylic acids is 1. The largest absolute Gasteiger partial charge is 0.372 e. The highest BCUT2D eigenvalue weighted by atomic mass is 16.6. The maximum absolute atomic E-state index is 10.7. The summed E-state index contributed by atoms with van der Waals surface area (Å²) in [6.45, 7) is 0. The Kier molecular flexibility index (Phi) is 2.81. The minimum Gasteiger partial charge on any atom is -0.372 e. The molecule has 1 rings (SSSR count). The molecular weight excluding hydrogens is 184 g/mol. The summed E-state index contributed by atoms with van der Waals surface area (Å²) >= 11 is 0. The van der Waals surface area contributed by atoms with Gasteiger partial charge in [0.1, 0.15) is 5.69 Å². The second-order valence-electron chi connectivity index (χ2n) is 2.98. The van der Waals surface area contributed by atoms with Crippen LogP contribution >= 0.6 is 0 Å². The molecule has 0 aliphatic heterocycles. The van der Waals surface area contributed by atoms with Crippen molar-refractivity contribution in [1.82, 2.24) is 0 Å². The van der Waals surface area contributed by atoms with Gasteiger partial charge in [-0.1, -0.05) is 6.07 Å². The van der Waals surface area contributed by atoms with Crippen molar-refractivity contribution in [1.29, 1.82) is 0 Å². The second-order valence-corrected chi connectivity index (χ2v) is 2.98. The summed E-state index contributed by atoms with van der Waals surface area (Å²) < 4.78 is 0. The van der Waals surface area contributed by atoms with Gasteiger partial charge < -0.3 is 4.90 Å². The fourth-order valence-corrected chi connectivity index (χ4v) is 1.28. The zero-order chi connectivity index (χ0) is 10.7. The molecule has 0 atom stereocenters. The van der Waals surface area contributed by atoms with Gasteiger partial charge in [-0.25, -0.2) is 0 Å². The molecule has 0 saturated heterocycles. The van der Waals surface area contributed by atoms with Gasteiger partial charge in [0, 0.05) is 25.7 Å². The summed E-state index contributed by atoms with van der Waals surface area (Å²) in [5, 5.41) is 10.7. The third-order valence-electron chi connectivity index (χ3n) is 1.82. The van der Waals surface area contributed by atoms with Crippen LogP contribution in [0.25, 0.3) is 0 Å². The van der Waals surface area contributed by atoms with Gasteiger partial charge in [0.2, 0.25) is 0 Å². The van der Waals surface area contributed by atoms with Crippen LogP contribution in [0.15, 0.2) is 18.2 Å². The maximum atomic E-state index is 10.7. The van der Waals surface area contributed by atoms with E-state index in [1.165, 1.54) is 12.1 Å². The van der Waals surface area contributed by atoms with Crippen LogP contribution in [0.4, 0.5) is 11.4 Å². The lowest BCUT2D eigenvalue weighted by molar-refractivity contribution is -0.384. The van der Waals surface area contributed by atoms with Crippen molar-refractivity contribution >= 4 is 17.7 Å². The van der Waals surface area contributed by atoms with Crippen LogP contribution in [0.3, 0.4) is 0 Å². The molecule has 0 unspecified atom stereocenters. The molecule has 14 heavy (non-hydrogen) atoms. The summed E-state index contributed by atoms with van der Waals surface area (Å²) in [7, 11) is 3.32. The highest BCUT2D eigenvalue weighted by Gasteiger charge is 2.18. The van der Waals surface area contributed by atoms with Gasteiger partial charge in [-0.05, 0) is 6.07 Å². The molecule has 0 spiro atoms. The number of aldehydes is 1. The summed E-state index contributed by atoms with van der Waals surface area (Å²) in [4.78, 5) is 22.4. The topological polar surface area (TPSA) is 63.5 Å². The molecule has 0 N–H and O–H groups in total. The number of nitro groups is 1. The zero-order valence-corrected chi connectivity index (χ0v) is 7.93. The Balaban J connectivity index is 3.43. The summed E-state index contributed by atoms with van der Waals surface area (Å²) in [5.41, 5.74) is 0.608. The van der Waals surface area contributed by atoms with E-state index in [1.807, 2.05) is 0 Å². The average Bonchev–Trinajstić information content (AvgIpc) is 2.16. The fraction of sp³-hybridized carbons (Fsp3) is 0.222. The van der Waals surface area contributed by atoms with E-state index in [1.54, 1.807) is 25.1 Å². The Morgan fingerprint density at radius 2 is 2.07 bits per heavy atom. The van der Waals surface area contributed by atoms with Gasteiger partial charge in [0.25, 0.3) is 5.69 Å². The number of anilines is 1. The van der Waals surface area contributed by atoms with Crippen LogP contribution in [0.5, 0.6) is 0 Å². The smallest absolute Gasteiger partial charge is 0.293 e. The minimum atomic E-state index is -0.498. The first kappa shape index (κ1) is 10.2. The second kappa shape index (κ2) is 3.87. The average molecular weight is 194 g/mol. The Bertz CT molecular complexity index is 374. The molecule has 0 bridgehead atoms. The van der Waals surface area contributed by atoms with Crippen LogP contribution in [0.1, 0.15) is 10.4 Å². The Labute approximate surface area is 81.1 Å². The number of hydrogen-bond donors (Lipinski definition) is 0. The van der Waals surface area contributed by atoms with Crippen LogP contribution in [0.2, 0.25) is 0 Å². The highest BCUT2D eigenvalue weighted by molar-refractivity contribution is 5.88. The van der Waals surface area contributed by atoms with Gasteiger partial charge in [-0.2, -0.15) is 0 Å². The molecule has 5 nitrogen and oxygen atoms in total. The number of nitrogens with zero attached hydrogens (tertiary/aromatic N) is 2. The first-order chi connectivity index (χ1) is 6.57. The molecule has 0 aliphatic rings. The van der Waals surface area contributed by atoms with E-state index in [2.05, 4.69) is 0 Å².